The molecule has 2 fully saturated rings. The molecule has 0 aliphatic heterocycles. The number of sulfonamides is 1. The van der Waals surface area contributed by atoms with E-state index in [2.05, 4.69) is 20.5 Å². The SMILES string of the molecule is CN([C@H]1CCC2=Cc3[nH]ncc3C[C@]2(C(=O)c2cc(C(F)(F)F)ccn2)C1)S(=O)(=O)/C(C=N)=C/NCC1CC1. The van der Waals surface area contributed by atoms with Gasteiger partial charge in [0.2, 0.25) is 10.0 Å². The molecule has 0 saturated heterocycles. The Morgan fingerprint density at radius 1 is 1.33 bits per heavy atom. The molecule has 0 spiro atoms. The average molecular weight is 563 g/mol. The number of pyridine rings is 1. The number of carbonyl (C=O) groups is 1. The van der Waals surface area contributed by atoms with E-state index in [1.165, 1.54) is 17.6 Å². The van der Waals surface area contributed by atoms with Crippen LogP contribution >= 0.6 is 0 Å². The Morgan fingerprint density at radius 2 is 2.10 bits per heavy atom. The molecule has 5 rings (SSSR count). The number of aromatic nitrogens is 3. The van der Waals surface area contributed by atoms with E-state index in [9.17, 15) is 26.4 Å². The second-order valence-electron chi connectivity index (χ2n) is 10.5. The Balaban J connectivity index is 1.49. The van der Waals surface area contributed by atoms with Crippen molar-refractivity contribution in [3.8, 4) is 0 Å². The fourth-order valence-electron chi connectivity index (χ4n) is 5.49. The maximum Gasteiger partial charge on any atom is 0.416 e. The number of Topliss-reactive ketones (excluding diaryl/α,β-unsaturated/α-hetero) is 1. The van der Waals surface area contributed by atoms with Crippen LogP contribution in [-0.4, -0.2) is 59.5 Å². The van der Waals surface area contributed by atoms with Crippen molar-refractivity contribution in [2.75, 3.05) is 13.6 Å². The lowest BCUT2D eigenvalue weighted by atomic mass is 9.60. The highest BCUT2D eigenvalue weighted by Crippen LogP contribution is 2.50. The van der Waals surface area contributed by atoms with Crippen molar-refractivity contribution >= 4 is 28.1 Å². The molecule has 2 aromatic rings. The van der Waals surface area contributed by atoms with E-state index in [1.807, 2.05) is 0 Å². The molecule has 9 nitrogen and oxygen atoms in total. The molecule has 0 aromatic carbocycles. The quantitative estimate of drug-likeness (QED) is 0.313. The van der Waals surface area contributed by atoms with E-state index in [-0.39, 0.29) is 23.4 Å². The zero-order valence-corrected chi connectivity index (χ0v) is 22.1. The number of H-pyrrole nitrogens is 1. The first-order valence-corrected chi connectivity index (χ1v) is 14.1. The van der Waals surface area contributed by atoms with Gasteiger partial charge in [0.25, 0.3) is 0 Å². The third kappa shape index (κ3) is 5.17. The topological polar surface area (TPSA) is 132 Å². The molecule has 0 unspecified atom stereocenters. The van der Waals surface area contributed by atoms with E-state index in [0.717, 1.165) is 48.6 Å². The van der Waals surface area contributed by atoms with E-state index in [1.54, 1.807) is 12.3 Å². The van der Waals surface area contributed by atoms with Gasteiger partial charge in [-0.2, -0.15) is 22.6 Å². The first-order chi connectivity index (χ1) is 18.5. The number of nitrogens with one attached hydrogen (secondary N) is 3. The van der Waals surface area contributed by atoms with Crippen molar-refractivity contribution in [2.45, 2.75) is 50.7 Å². The van der Waals surface area contributed by atoms with Crippen molar-refractivity contribution < 1.29 is 26.4 Å². The summed E-state index contributed by atoms with van der Waals surface area (Å²) in [5, 5.41) is 17.6. The summed E-state index contributed by atoms with van der Waals surface area (Å²) in [6.07, 6.45) is 4.94. The van der Waals surface area contributed by atoms with Crippen LogP contribution in [0.25, 0.3) is 6.08 Å². The second kappa shape index (κ2) is 10.0. The largest absolute Gasteiger partial charge is 0.416 e. The summed E-state index contributed by atoms with van der Waals surface area (Å²) in [5.74, 6) is -0.0808. The highest BCUT2D eigenvalue weighted by atomic mass is 32.2. The van der Waals surface area contributed by atoms with Crippen molar-refractivity contribution in [1.29, 1.82) is 5.41 Å². The Hall–Kier alpha value is -3.32. The van der Waals surface area contributed by atoms with Crippen LogP contribution in [0.15, 0.2) is 41.2 Å². The van der Waals surface area contributed by atoms with Gasteiger partial charge in [-0.05, 0) is 68.2 Å². The number of carbonyl (C=O) groups excluding carboxylic acids is 1. The summed E-state index contributed by atoms with van der Waals surface area (Å²) < 4.78 is 68.5. The zero-order valence-electron chi connectivity index (χ0n) is 21.3. The number of alkyl halides is 3. The molecule has 2 heterocycles. The van der Waals surface area contributed by atoms with Crippen LogP contribution in [0.1, 0.15) is 59.4 Å². The Bertz CT molecular complexity index is 1460. The number of nitrogens with zero attached hydrogens (tertiary/aromatic N) is 3. The van der Waals surface area contributed by atoms with Crippen molar-refractivity contribution in [3.05, 3.63) is 63.7 Å². The van der Waals surface area contributed by atoms with Crippen molar-refractivity contribution in [1.82, 2.24) is 24.8 Å². The third-order valence-corrected chi connectivity index (χ3v) is 9.83. The fourth-order valence-corrected chi connectivity index (χ4v) is 6.77. The van der Waals surface area contributed by atoms with Crippen molar-refractivity contribution in [3.63, 3.8) is 0 Å². The van der Waals surface area contributed by atoms with E-state index in [4.69, 9.17) is 5.41 Å². The number of allylic oxidation sites excluding steroid dienone is 2. The maximum atomic E-state index is 14.1. The molecule has 3 aliphatic rings. The summed E-state index contributed by atoms with van der Waals surface area (Å²) in [6, 6.07) is 0.930. The average Bonchev–Trinajstić information content (AvgIpc) is 3.63. The van der Waals surface area contributed by atoms with E-state index >= 15 is 0 Å². The van der Waals surface area contributed by atoms with Crippen LogP contribution in [-0.2, 0) is 22.6 Å². The van der Waals surface area contributed by atoms with Crippen LogP contribution in [0.3, 0.4) is 0 Å². The Labute approximate surface area is 224 Å². The molecule has 13 heteroatoms. The van der Waals surface area contributed by atoms with Gasteiger partial charge in [-0.15, -0.1) is 0 Å². The molecule has 0 bridgehead atoms. The molecule has 39 heavy (non-hydrogen) atoms. The molecule has 0 radical (unpaired) electrons. The zero-order chi connectivity index (χ0) is 28.0. The summed E-state index contributed by atoms with van der Waals surface area (Å²) in [4.78, 5) is 17.8. The standard InChI is InChI=1S/C26H29F3N6O3S/c1-35(39(37,38)21(12-30)15-31-13-16-2-3-16)20-5-4-18-8-22-17(14-33-34-22)10-25(18,11-20)24(36)23-9-19(6-7-32-23)26(27,28)29/h6-9,12,14-16,20,30-31H,2-5,10-11,13H2,1H3,(H,33,34)/b21-15+,30-12?/t20-,25-/m0/s1. The van der Waals surface area contributed by atoms with Crippen LogP contribution < -0.4 is 5.32 Å². The molecular weight excluding hydrogens is 533 g/mol. The number of halogens is 3. The van der Waals surface area contributed by atoms with Gasteiger partial charge in [0.15, 0.2) is 5.78 Å². The van der Waals surface area contributed by atoms with Crippen molar-refractivity contribution in [2.24, 2.45) is 11.3 Å². The monoisotopic (exact) mass is 562 g/mol. The number of ketones is 1. The number of hydrogen-bond acceptors (Lipinski definition) is 7. The van der Waals surface area contributed by atoms with Gasteiger partial charge in [0.1, 0.15) is 10.6 Å². The molecule has 3 N–H and O–H groups in total. The number of aromatic amines is 1. The Morgan fingerprint density at radius 3 is 2.79 bits per heavy atom. The van der Waals surface area contributed by atoms with Crippen LogP contribution in [0, 0.1) is 16.7 Å². The molecule has 2 aromatic heterocycles. The smallest absolute Gasteiger partial charge is 0.389 e. The first kappa shape index (κ1) is 27.3. The van der Waals surface area contributed by atoms with Gasteiger partial charge in [-0.25, -0.2) is 8.42 Å². The van der Waals surface area contributed by atoms with E-state index in [0.29, 0.717) is 30.9 Å². The molecule has 0 amide bonds. The molecule has 3 aliphatic carbocycles. The lowest BCUT2D eigenvalue weighted by Crippen LogP contribution is -2.49. The fraction of sp³-hybridized carbons (Fsp3) is 0.462. The minimum Gasteiger partial charge on any atom is -0.389 e. The predicted molar refractivity (Wildman–Crippen MR) is 138 cm³/mol. The lowest BCUT2D eigenvalue weighted by molar-refractivity contribution is -0.137. The van der Waals surface area contributed by atoms with Gasteiger partial charge < -0.3 is 10.7 Å². The summed E-state index contributed by atoms with van der Waals surface area (Å²) in [6.45, 7) is 0.628. The molecule has 208 valence electrons. The number of fused-ring (bicyclic) bond motifs is 2. The molecule has 2 atom stereocenters. The highest BCUT2D eigenvalue weighted by Gasteiger charge is 2.51. The van der Waals surface area contributed by atoms with Crippen LogP contribution in [0.2, 0.25) is 0 Å². The van der Waals surface area contributed by atoms with Gasteiger partial charge in [0, 0.05) is 38.2 Å². The van der Waals surface area contributed by atoms with Gasteiger partial charge in [-0.1, -0.05) is 5.57 Å². The molecule has 2 saturated carbocycles. The Kier molecular flexibility index (Phi) is 7.00. The maximum absolute atomic E-state index is 14.1. The predicted octanol–water partition coefficient (Wildman–Crippen LogP) is 3.94. The lowest BCUT2D eigenvalue weighted by Gasteiger charge is -2.45. The first-order valence-electron chi connectivity index (χ1n) is 12.7. The minimum atomic E-state index is -4.65. The van der Waals surface area contributed by atoms with Crippen LogP contribution in [0.5, 0.6) is 0 Å². The third-order valence-electron chi connectivity index (χ3n) is 7.94. The normalized spacial score (nSPS) is 23.6. The van der Waals surface area contributed by atoms with Gasteiger partial charge in [-0.3, -0.25) is 14.9 Å². The second-order valence-corrected chi connectivity index (χ2v) is 12.5. The van der Waals surface area contributed by atoms with Gasteiger partial charge >= 0.3 is 6.18 Å². The van der Waals surface area contributed by atoms with Gasteiger partial charge in [0.05, 0.1) is 22.9 Å². The van der Waals surface area contributed by atoms with E-state index < -0.39 is 39.0 Å². The highest BCUT2D eigenvalue weighted by molar-refractivity contribution is 7.93. The van der Waals surface area contributed by atoms with Crippen LogP contribution in [0.4, 0.5) is 13.2 Å². The summed E-state index contributed by atoms with van der Waals surface area (Å²) >= 11 is 0. The number of hydrogen-bond donors (Lipinski definition) is 3. The summed E-state index contributed by atoms with van der Waals surface area (Å²) in [7, 11) is -2.67. The minimum absolute atomic E-state index is 0.0523. The summed E-state index contributed by atoms with van der Waals surface area (Å²) in [5.41, 5.74) is -0.443. The number of rotatable bonds is 9. The molecular formula is C26H29F3N6O3S.